The van der Waals surface area contributed by atoms with E-state index in [-0.39, 0.29) is 18.0 Å². The lowest BCUT2D eigenvalue weighted by molar-refractivity contribution is 0.0337. The Kier molecular flexibility index (Phi) is 8.13. The van der Waals surface area contributed by atoms with Crippen molar-refractivity contribution >= 4 is 30.0 Å². The van der Waals surface area contributed by atoms with Crippen molar-refractivity contribution in [1.29, 1.82) is 0 Å². The second kappa shape index (κ2) is 11.3. The van der Waals surface area contributed by atoms with Gasteiger partial charge in [-0.15, -0.1) is 0 Å². The maximum absolute atomic E-state index is 15.3. The lowest BCUT2D eigenvalue weighted by Crippen LogP contribution is -2.48. The molecule has 0 saturated carbocycles. The first-order valence-corrected chi connectivity index (χ1v) is 12.2. The zero-order valence-electron chi connectivity index (χ0n) is 21.7. The Morgan fingerprint density at radius 2 is 1.78 bits per heavy atom. The number of anilines is 1. The zero-order valence-corrected chi connectivity index (χ0v) is 21.7. The average Bonchev–Trinajstić information content (AvgIpc) is 3.29. The first-order valence-electron chi connectivity index (χ1n) is 12.2. The van der Waals surface area contributed by atoms with Crippen LogP contribution in [-0.2, 0) is 11.3 Å². The fourth-order valence-electron chi connectivity index (χ4n) is 4.83. The quantitative estimate of drug-likeness (QED) is 0.494. The van der Waals surface area contributed by atoms with Crippen LogP contribution in [0.1, 0.15) is 31.5 Å². The molecule has 200 valence electrons. The third-order valence-electron chi connectivity index (χ3n) is 6.56. The van der Waals surface area contributed by atoms with Crippen molar-refractivity contribution in [3.63, 3.8) is 0 Å². The Balaban J connectivity index is 1.77. The molecular formula is C26H33F2N5O4. The minimum atomic E-state index is -0.968. The summed E-state index contributed by atoms with van der Waals surface area (Å²) in [4.78, 5) is 26.2. The van der Waals surface area contributed by atoms with Crippen LogP contribution < -0.4 is 14.4 Å². The predicted octanol–water partition coefficient (Wildman–Crippen LogP) is 4.56. The second-order valence-corrected chi connectivity index (χ2v) is 9.01. The van der Waals surface area contributed by atoms with Crippen LogP contribution in [0.5, 0.6) is 11.5 Å². The molecule has 2 aliphatic heterocycles. The number of halogens is 2. The van der Waals surface area contributed by atoms with E-state index in [1.165, 1.54) is 14.2 Å². The van der Waals surface area contributed by atoms with E-state index in [0.717, 1.165) is 40.9 Å². The number of hydrogen-bond donors (Lipinski definition) is 1. The van der Waals surface area contributed by atoms with Crippen LogP contribution >= 0.6 is 0 Å². The Labute approximate surface area is 215 Å². The third-order valence-corrected chi connectivity index (χ3v) is 6.56. The molecule has 37 heavy (non-hydrogen) atoms. The van der Waals surface area contributed by atoms with Gasteiger partial charge < -0.3 is 19.2 Å². The smallest absolute Gasteiger partial charge is 0.329 e. The molecule has 0 aliphatic carbocycles. The van der Waals surface area contributed by atoms with Crippen molar-refractivity contribution < 1.29 is 27.8 Å². The average molecular weight is 518 g/mol. The number of aliphatic imine (C=N–C) groups is 1. The highest BCUT2D eigenvalue weighted by molar-refractivity contribution is 6.02. The summed E-state index contributed by atoms with van der Waals surface area (Å²) in [7, 11) is 2.54. The molecule has 0 atom stereocenters. The molecule has 0 radical (unpaired) electrons. The fourth-order valence-corrected chi connectivity index (χ4v) is 4.83. The van der Waals surface area contributed by atoms with Crippen molar-refractivity contribution in [2.75, 3.05) is 58.5 Å². The molecule has 11 heteroatoms. The highest BCUT2D eigenvalue weighted by Crippen LogP contribution is 2.42. The molecule has 0 unspecified atom stereocenters. The van der Waals surface area contributed by atoms with Gasteiger partial charge in [0.15, 0.2) is 23.1 Å². The van der Waals surface area contributed by atoms with Gasteiger partial charge in [-0.3, -0.25) is 14.7 Å². The zero-order chi connectivity index (χ0) is 26.7. The second-order valence-electron chi connectivity index (χ2n) is 9.01. The number of aromatic nitrogens is 1. The van der Waals surface area contributed by atoms with E-state index in [0.29, 0.717) is 44.2 Å². The molecule has 3 heterocycles. The van der Waals surface area contributed by atoms with Crippen molar-refractivity contribution in [2.24, 2.45) is 4.99 Å². The third kappa shape index (κ3) is 5.05. The van der Waals surface area contributed by atoms with E-state index in [1.807, 2.05) is 19.9 Å². The van der Waals surface area contributed by atoms with Gasteiger partial charge in [0.2, 0.25) is 0 Å². The van der Waals surface area contributed by atoms with Crippen LogP contribution in [0, 0.1) is 11.6 Å². The molecule has 1 saturated heterocycles. The van der Waals surface area contributed by atoms with Crippen LogP contribution in [0.2, 0.25) is 0 Å². The summed E-state index contributed by atoms with van der Waals surface area (Å²) in [6.07, 6.45) is 0.630. The summed E-state index contributed by atoms with van der Waals surface area (Å²) in [5.41, 5.74) is 2.55. The molecule has 2 amide bonds. The molecule has 0 spiro atoms. The van der Waals surface area contributed by atoms with Gasteiger partial charge in [-0.1, -0.05) is 6.92 Å². The number of methoxy groups -OCH3 is 2. The molecule has 2 aliphatic rings. The monoisotopic (exact) mass is 517 g/mol. The summed E-state index contributed by atoms with van der Waals surface area (Å²) >= 11 is 0. The van der Waals surface area contributed by atoms with Crippen LogP contribution in [0.3, 0.4) is 0 Å². The van der Waals surface area contributed by atoms with Gasteiger partial charge in [0.1, 0.15) is 11.5 Å². The number of aromatic amines is 1. The number of carbonyl (C=O) groups is 1. The number of benzene rings is 1. The standard InChI is InChI=1S/C26H33F2N5O4/c1-6-7-32-23(18-12-17(30-25(18)29-3)15-31-8-10-37-11-9-31)16(2)14-33(26(32)34)24-21(27)19(35-4)13-20(36-5)22(24)28/h12-13,30H,3,6-11,14-15H2,1-2,4-5H3. The SMILES string of the molecule is C=Nc1[nH]c(CN2CCOCC2)cc1C1=C(C)CN(c2c(F)c(OC)cc(OC)c2F)C(=O)N1CCC. The summed E-state index contributed by atoms with van der Waals surface area (Å²) in [6, 6.07) is 2.54. The Morgan fingerprint density at radius 1 is 1.14 bits per heavy atom. The largest absolute Gasteiger partial charge is 0.493 e. The minimum absolute atomic E-state index is 0.0287. The fraction of sp³-hybridized carbons (Fsp3) is 0.462. The summed E-state index contributed by atoms with van der Waals surface area (Å²) in [5, 5.41) is 0. The number of urea groups is 1. The van der Waals surface area contributed by atoms with Crippen molar-refractivity contribution in [1.82, 2.24) is 14.8 Å². The Bertz CT molecular complexity index is 1180. The van der Waals surface area contributed by atoms with Crippen LogP contribution in [0.15, 0.2) is 22.7 Å². The molecule has 1 aromatic carbocycles. The first-order chi connectivity index (χ1) is 17.8. The molecular weight excluding hydrogens is 484 g/mol. The van der Waals surface area contributed by atoms with E-state index in [1.54, 1.807) is 4.90 Å². The molecule has 1 fully saturated rings. The number of morpholine rings is 1. The van der Waals surface area contributed by atoms with E-state index < -0.39 is 23.4 Å². The van der Waals surface area contributed by atoms with Gasteiger partial charge in [-0.05, 0) is 31.7 Å². The highest BCUT2D eigenvalue weighted by Gasteiger charge is 2.37. The minimum Gasteiger partial charge on any atom is -0.493 e. The molecule has 0 bridgehead atoms. The molecule has 9 nitrogen and oxygen atoms in total. The maximum Gasteiger partial charge on any atom is 0.329 e. The first kappa shape index (κ1) is 26.6. The number of hydrogen-bond acceptors (Lipinski definition) is 6. The van der Waals surface area contributed by atoms with Gasteiger partial charge in [-0.25, -0.2) is 18.6 Å². The predicted molar refractivity (Wildman–Crippen MR) is 138 cm³/mol. The van der Waals surface area contributed by atoms with Crippen LogP contribution in [0.25, 0.3) is 5.70 Å². The van der Waals surface area contributed by atoms with Crippen molar-refractivity contribution in [3.8, 4) is 11.5 Å². The van der Waals surface area contributed by atoms with Gasteiger partial charge >= 0.3 is 6.03 Å². The number of nitrogens with one attached hydrogen (secondary N) is 1. The van der Waals surface area contributed by atoms with Gasteiger partial charge in [0.05, 0.1) is 39.7 Å². The Morgan fingerprint density at radius 3 is 2.35 bits per heavy atom. The summed E-state index contributed by atoms with van der Waals surface area (Å²) in [5.74, 6) is -1.83. The van der Waals surface area contributed by atoms with Crippen LogP contribution in [0.4, 0.5) is 25.1 Å². The number of nitrogens with zero attached hydrogens (tertiary/aromatic N) is 4. The maximum atomic E-state index is 15.3. The van der Waals surface area contributed by atoms with Crippen LogP contribution in [-0.4, -0.2) is 81.1 Å². The van der Waals surface area contributed by atoms with Gasteiger partial charge in [0, 0.05) is 43.5 Å². The van der Waals surface area contributed by atoms with Crippen molar-refractivity contribution in [2.45, 2.75) is 26.8 Å². The lowest BCUT2D eigenvalue weighted by atomic mass is 10.0. The summed E-state index contributed by atoms with van der Waals surface area (Å²) < 4.78 is 46.2. The van der Waals surface area contributed by atoms with E-state index in [9.17, 15) is 4.79 Å². The Hall–Kier alpha value is -3.44. The van der Waals surface area contributed by atoms with Gasteiger partial charge in [0.25, 0.3) is 0 Å². The molecule has 1 aromatic heterocycles. The molecule has 2 aromatic rings. The topological polar surface area (TPSA) is 82.6 Å². The number of H-pyrrole nitrogens is 1. The van der Waals surface area contributed by atoms with E-state index >= 15 is 8.78 Å². The number of rotatable bonds is 9. The molecule has 1 N–H and O–H groups in total. The number of carbonyl (C=O) groups excluding carboxylic acids is 1. The van der Waals surface area contributed by atoms with E-state index in [2.05, 4.69) is 21.6 Å². The normalized spacial score (nSPS) is 17.0. The number of amides is 2. The van der Waals surface area contributed by atoms with Gasteiger partial charge in [-0.2, -0.15) is 0 Å². The molecule has 4 rings (SSSR count). The van der Waals surface area contributed by atoms with Crippen molar-refractivity contribution in [3.05, 3.63) is 40.6 Å². The number of ether oxygens (including phenoxy) is 3. The summed E-state index contributed by atoms with van der Waals surface area (Å²) in [6.45, 7) is 11.5. The highest BCUT2D eigenvalue weighted by atomic mass is 19.1. The van der Waals surface area contributed by atoms with E-state index in [4.69, 9.17) is 14.2 Å². The lowest BCUT2D eigenvalue weighted by Gasteiger charge is -2.38.